The first kappa shape index (κ1) is 17.0. The van der Waals surface area contributed by atoms with Crippen molar-refractivity contribution in [2.75, 3.05) is 6.54 Å². The molecule has 0 saturated carbocycles. The Morgan fingerprint density at radius 3 is 2.20 bits per heavy atom. The highest BCUT2D eigenvalue weighted by molar-refractivity contribution is 5.96. The van der Waals surface area contributed by atoms with Gasteiger partial charge >= 0.3 is 0 Å². The van der Waals surface area contributed by atoms with Gasteiger partial charge in [-0.3, -0.25) is 9.59 Å². The summed E-state index contributed by atoms with van der Waals surface area (Å²) in [6, 6.07) is -0.619. The summed E-state index contributed by atoms with van der Waals surface area (Å²) in [6.07, 6.45) is 3.51. The Kier molecular flexibility index (Phi) is 6.50. The van der Waals surface area contributed by atoms with Gasteiger partial charge in [0, 0.05) is 6.54 Å². The number of nitrogens with one attached hydrogen (secondary N) is 1. The Bertz CT molecular complexity index is 337. The van der Waals surface area contributed by atoms with E-state index in [1.807, 2.05) is 11.8 Å². The Morgan fingerprint density at radius 2 is 1.75 bits per heavy atom. The molecule has 4 heteroatoms. The monoisotopic (exact) mass is 282 g/mol. The highest BCUT2D eigenvalue weighted by Crippen LogP contribution is 2.21. The molecule has 0 aliphatic carbocycles. The van der Waals surface area contributed by atoms with Crippen molar-refractivity contribution in [2.24, 2.45) is 11.8 Å². The van der Waals surface area contributed by atoms with E-state index < -0.39 is 0 Å². The number of nitrogens with zero attached hydrogens (tertiary/aromatic N) is 1. The lowest BCUT2D eigenvalue weighted by atomic mass is 9.95. The van der Waals surface area contributed by atoms with E-state index >= 15 is 0 Å². The van der Waals surface area contributed by atoms with E-state index in [0.717, 1.165) is 19.3 Å². The fourth-order valence-corrected chi connectivity index (χ4v) is 2.90. The van der Waals surface area contributed by atoms with Crippen molar-refractivity contribution in [1.82, 2.24) is 10.2 Å². The molecule has 1 saturated heterocycles. The predicted octanol–water partition coefficient (Wildman–Crippen LogP) is 2.57. The zero-order valence-corrected chi connectivity index (χ0v) is 13.6. The van der Waals surface area contributed by atoms with Gasteiger partial charge in [0.25, 0.3) is 0 Å². The van der Waals surface area contributed by atoms with E-state index in [9.17, 15) is 9.59 Å². The zero-order valence-electron chi connectivity index (χ0n) is 13.6. The van der Waals surface area contributed by atoms with Gasteiger partial charge in [-0.05, 0) is 24.7 Å². The number of carbonyl (C=O) groups is 2. The number of piperazine rings is 1. The highest BCUT2D eigenvalue weighted by Gasteiger charge is 2.39. The molecule has 116 valence electrons. The van der Waals surface area contributed by atoms with Gasteiger partial charge in [0.2, 0.25) is 11.8 Å². The van der Waals surface area contributed by atoms with Crippen LogP contribution in [0, 0.1) is 11.8 Å². The third kappa shape index (κ3) is 3.97. The van der Waals surface area contributed by atoms with Crippen LogP contribution in [0.5, 0.6) is 0 Å². The maximum Gasteiger partial charge on any atom is 0.245 e. The van der Waals surface area contributed by atoms with Crippen LogP contribution in [0.3, 0.4) is 0 Å². The van der Waals surface area contributed by atoms with Gasteiger partial charge in [0.15, 0.2) is 0 Å². The lowest BCUT2D eigenvalue weighted by Crippen LogP contribution is -2.64. The maximum absolute atomic E-state index is 12.7. The van der Waals surface area contributed by atoms with Gasteiger partial charge in [-0.1, -0.05) is 47.5 Å². The fraction of sp³-hybridized carbons (Fsp3) is 0.875. The summed E-state index contributed by atoms with van der Waals surface area (Å²) in [5.41, 5.74) is 0. The molecule has 20 heavy (non-hydrogen) atoms. The van der Waals surface area contributed by atoms with Crippen LogP contribution in [0.15, 0.2) is 0 Å². The second-order valence-electron chi connectivity index (χ2n) is 6.29. The van der Waals surface area contributed by atoms with Crippen molar-refractivity contribution in [3.05, 3.63) is 0 Å². The van der Waals surface area contributed by atoms with E-state index in [-0.39, 0.29) is 23.9 Å². The Labute approximate surface area is 123 Å². The molecule has 0 aromatic carbocycles. The van der Waals surface area contributed by atoms with E-state index in [4.69, 9.17) is 0 Å². The summed E-state index contributed by atoms with van der Waals surface area (Å²) in [5.74, 6) is 1.01. The van der Waals surface area contributed by atoms with E-state index in [2.05, 4.69) is 33.0 Å². The van der Waals surface area contributed by atoms with Gasteiger partial charge in [0.05, 0.1) is 0 Å². The lowest BCUT2D eigenvalue weighted by Gasteiger charge is -2.40. The standard InChI is InChI=1S/C16H30N2O2/c1-6-12(7-2)10-18-14(8-3)15(19)17-13(16(18)20)9-11(4)5/h11-14H,6-10H2,1-5H3,(H,17,19). The van der Waals surface area contributed by atoms with Crippen LogP contribution in [0.4, 0.5) is 0 Å². The number of amides is 2. The van der Waals surface area contributed by atoms with E-state index in [0.29, 0.717) is 24.8 Å². The van der Waals surface area contributed by atoms with Crippen molar-refractivity contribution in [3.8, 4) is 0 Å². The number of carbonyl (C=O) groups excluding carboxylic acids is 2. The van der Waals surface area contributed by atoms with Gasteiger partial charge in [-0.2, -0.15) is 0 Å². The van der Waals surface area contributed by atoms with E-state index in [1.165, 1.54) is 0 Å². The molecular formula is C16H30N2O2. The number of rotatable bonds is 7. The summed E-state index contributed by atoms with van der Waals surface area (Å²) < 4.78 is 0. The van der Waals surface area contributed by atoms with Crippen molar-refractivity contribution >= 4 is 11.8 Å². The first-order valence-electron chi connectivity index (χ1n) is 8.05. The summed E-state index contributed by atoms with van der Waals surface area (Å²) in [7, 11) is 0. The quantitative estimate of drug-likeness (QED) is 0.780. The second-order valence-corrected chi connectivity index (χ2v) is 6.29. The van der Waals surface area contributed by atoms with Gasteiger partial charge in [0.1, 0.15) is 12.1 Å². The molecule has 2 amide bonds. The predicted molar refractivity (Wildman–Crippen MR) is 81.2 cm³/mol. The SMILES string of the molecule is CCC(CC)CN1C(=O)C(CC(C)C)NC(=O)C1CC. The largest absolute Gasteiger partial charge is 0.342 e. The minimum atomic E-state index is -0.334. The molecule has 1 rings (SSSR count). The Morgan fingerprint density at radius 1 is 1.15 bits per heavy atom. The van der Waals surface area contributed by atoms with Crippen LogP contribution in [0.1, 0.15) is 60.3 Å². The van der Waals surface area contributed by atoms with Crippen LogP contribution in [-0.2, 0) is 9.59 Å². The third-order valence-electron chi connectivity index (χ3n) is 4.28. The van der Waals surface area contributed by atoms with Crippen LogP contribution in [-0.4, -0.2) is 35.3 Å². The normalized spacial score (nSPS) is 23.6. The Hall–Kier alpha value is -1.06. The molecule has 1 N–H and O–H groups in total. The minimum Gasteiger partial charge on any atom is -0.342 e. The minimum absolute atomic E-state index is 0.0173. The second kappa shape index (κ2) is 7.65. The summed E-state index contributed by atoms with van der Waals surface area (Å²) in [5, 5.41) is 2.91. The molecule has 2 unspecified atom stereocenters. The zero-order chi connectivity index (χ0) is 15.3. The molecule has 0 aromatic rings. The molecule has 0 spiro atoms. The van der Waals surface area contributed by atoms with Crippen LogP contribution in [0.25, 0.3) is 0 Å². The topological polar surface area (TPSA) is 49.4 Å². The van der Waals surface area contributed by atoms with Crippen LogP contribution < -0.4 is 5.32 Å². The molecule has 1 heterocycles. The molecule has 1 aliphatic heterocycles. The summed E-state index contributed by atoms with van der Waals surface area (Å²) in [4.78, 5) is 26.7. The smallest absolute Gasteiger partial charge is 0.245 e. The highest BCUT2D eigenvalue weighted by atomic mass is 16.2. The van der Waals surface area contributed by atoms with E-state index in [1.54, 1.807) is 0 Å². The average Bonchev–Trinajstić information content (AvgIpc) is 2.40. The van der Waals surface area contributed by atoms with Crippen molar-refractivity contribution < 1.29 is 9.59 Å². The van der Waals surface area contributed by atoms with Gasteiger partial charge < -0.3 is 10.2 Å². The number of hydrogen-bond donors (Lipinski definition) is 1. The van der Waals surface area contributed by atoms with Crippen molar-refractivity contribution in [3.63, 3.8) is 0 Å². The number of hydrogen-bond acceptors (Lipinski definition) is 2. The maximum atomic E-state index is 12.7. The fourth-order valence-electron chi connectivity index (χ4n) is 2.90. The molecule has 0 bridgehead atoms. The van der Waals surface area contributed by atoms with Gasteiger partial charge in [-0.15, -0.1) is 0 Å². The molecule has 1 aliphatic rings. The van der Waals surface area contributed by atoms with Gasteiger partial charge in [-0.25, -0.2) is 0 Å². The molecule has 1 fully saturated rings. The molecular weight excluding hydrogens is 252 g/mol. The summed E-state index contributed by atoms with van der Waals surface area (Å²) in [6.45, 7) is 11.1. The lowest BCUT2D eigenvalue weighted by molar-refractivity contribution is -0.150. The first-order valence-corrected chi connectivity index (χ1v) is 8.05. The summed E-state index contributed by atoms with van der Waals surface area (Å²) >= 11 is 0. The molecule has 2 atom stereocenters. The molecule has 0 radical (unpaired) electrons. The van der Waals surface area contributed by atoms with Crippen LogP contribution in [0.2, 0.25) is 0 Å². The van der Waals surface area contributed by atoms with Crippen LogP contribution >= 0.6 is 0 Å². The molecule has 0 aromatic heterocycles. The van der Waals surface area contributed by atoms with Crippen molar-refractivity contribution in [2.45, 2.75) is 72.4 Å². The molecule has 4 nitrogen and oxygen atoms in total. The van der Waals surface area contributed by atoms with Crippen molar-refractivity contribution in [1.29, 1.82) is 0 Å². The third-order valence-corrected chi connectivity index (χ3v) is 4.28. The Balaban J connectivity index is 2.88. The first-order chi connectivity index (χ1) is 9.44. The average molecular weight is 282 g/mol.